The van der Waals surface area contributed by atoms with E-state index in [1.54, 1.807) is 29.1 Å². The van der Waals surface area contributed by atoms with Crippen LogP contribution in [0.3, 0.4) is 0 Å². The first-order chi connectivity index (χ1) is 14.0. The molecule has 152 valence electrons. The van der Waals surface area contributed by atoms with Gasteiger partial charge < -0.3 is 20.5 Å². The number of halogens is 1. The third-order valence-electron chi connectivity index (χ3n) is 4.32. The van der Waals surface area contributed by atoms with E-state index in [1.807, 2.05) is 19.2 Å². The van der Waals surface area contributed by atoms with Gasteiger partial charge in [0.1, 0.15) is 12.4 Å². The van der Waals surface area contributed by atoms with Crippen molar-refractivity contribution in [2.24, 2.45) is 12.8 Å². The topological polar surface area (TPSA) is 91.4 Å². The van der Waals surface area contributed by atoms with Crippen molar-refractivity contribution in [3.05, 3.63) is 60.0 Å². The average Bonchev–Trinajstić information content (AvgIpc) is 3.12. The molecule has 0 saturated carbocycles. The summed E-state index contributed by atoms with van der Waals surface area (Å²) in [6.07, 6.45) is 1.72. The largest absolute Gasteiger partial charge is 0.494 e. The Morgan fingerprint density at radius 2 is 2.00 bits per heavy atom. The Kier molecular flexibility index (Phi) is 6.46. The number of benzene rings is 2. The summed E-state index contributed by atoms with van der Waals surface area (Å²) in [5, 5.41) is 7.03. The predicted octanol–water partition coefficient (Wildman–Crippen LogP) is 2.75. The fraction of sp³-hybridized carbons (Fsp3) is 0.238. The van der Waals surface area contributed by atoms with Crippen LogP contribution in [-0.4, -0.2) is 35.9 Å². The number of nitrogens with zero attached hydrogens (tertiary/aromatic N) is 2. The van der Waals surface area contributed by atoms with E-state index >= 15 is 0 Å². The Hall–Kier alpha value is -3.39. The molecule has 0 radical (unpaired) electrons. The molecule has 0 aliphatic rings. The van der Waals surface area contributed by atoms with Crippen LogP contribution in [0.1, 0.15) is 5.56 Å². The molecule has 0 unspecified atom stereocenters. The van der Waals surface area contributed by atoms with Crippen molar-refractivity contribution in [3.63, 3.8) is 0 Å². The van der Waals surface area contributed by atoms with Gasteiger partial charge in [0.05, 0.1) is 19.2 Å². The minimum Gasteiger partial charge on any atom is -0.494 e. The van der Waals surface area contributed by atoms with Crippen LogP contribution in [-0.2, 0) is 18.3 Å². The second kappa shape index (κ2) is 9.20. The smallest absolute Gasteiger partial charge is 0.228 e. The third-order valence-corrected chi connectivity index (χ3v) is 4.32. The van der Waals surface area contributed by atoms with Crippen LogP contribution >= 0.6 is 0 Å². The van der Waals surface area contributed by atoms with E-state index in [0.717, 1.165) is 11.3 Å². The van der Waals surface area contributed by atoms with Gasteiger partial charge in [0.15, 0.2) is 11.6 Å². The molecule has 7 nitrogen and oxygen atoms in total. The number of nitrogens with two attached hydrogens (primary N) is 1. The van der Waals surface area contributed by atoms with Gasteiger partial charge in [-0.2, -0.15) is 5.10 Å². The molecule has 0 atom stereocenters. The number of ether oxygens (including phenoxy) is 2. The van der Waals surface area contributed by atoms with Crippen molar-refractivity contribution in [1.29, 1.82) is 0 Å². The first-order valence-electron chi connectivity index (χ1n) is 9.09. The van der Waals surface area contributed by atoms with Crippen molar-refractivity contribution < 1.29 is 18.7 Å². The Balaban J connectivity index is 1.79. The fourth-order valence-electron chi connectivity index (χ4n) is 2.95. The molecule has 0 aliphatic heterocycles. The lowest BCUT2D eigenvalue weighted by atomic mass is 10.1. The maximum absolute atomic E-state index is 13.8. The molecule has 3 rings (SSSR count). The highest BCUT2D eigenvalue weighted by Gasteiger charge is 2.13. The van der Waals surface area contributed by atoms with E-state index in [-0.39, 0.29) is 18.1 Å². The van der Waals surface area contributed by atoms with Crippen molar-refractivity contribution in [2.45, 2.75) is 6.42 Å². The van der Waals surface area contributed by atoms with Gasteiger partial charge in [0.2, 0.25) is 5.91 Å². The quantitative estimate of drug-likeness (QED) is 0.609. The molecule has 1 aromatic heterocycles. The van der Waals surface area contributed by atoms with E-state index < -0.39 is 5.82 Å². The van der Waals surface area contributed by atoms with Crippen LogP contribution < -0.4 is 20.5 Å². The summed E-state index contributed by atoms with van der Waals surface area (Å²) in [7, 11) is 3.22. The van der Waals surface area contributed by atoms with E-state index in [9.17, 15) is 9.18 Å². The van der Waals surface area contributed by atoms with Gasteiger partial charge >= 0.3 is 0 Å². The number of aryl methyl sites for hydroxylation is 1. The summed E-state index contributed by atoms with van der Waals surface area (Å²) < 4.78 is 26.2. The summed E-state index contributed by atoms with van der Waals surface area (Å²) in [4.78, 5) is 12.4. The highest BCUT2D eigenvalue weighted by atomic mass is 19.1. The second-order valence-corrected chi connectivity index (χ2v) is 6.38. The molecule has 0 saturated heterocycles. The molecule has 2 aromatic carbocycles. The minimum atomic E-state index is -0.502. The summed E-state index contributed by atoms with van der Waals surface area (Å²) in [5.74, 6) is 0.0242. The van der Waals surface area contributed by atoms with Crippen molar-refractivity contribution >= 4 is 11.6 Å². The molecular weight excluding hydrogens is 375 g/mol. The number of anilines is 1. The Bertz CT molecular complexity index is 1000. The maximum atomic E-state index is 13.8. The van der Waals surface area contributed by atoms with Gasteiger partial charge in [-0.3, -0.25) is 9.48 Å². The molecular formula is C21H23FN4O3. The number of hydrogen-bond acceptors (Lipinski definition) is 5. The van der Waals surface area contributed by atoms with Gasteiger partial charge in [-0.25, -0.2) is 4.39 Å². The number of nitrogens with one attached hydrogen (secondary N) is 1. The fourth-order valence-corrected chi connectivity index (χ4v) is 2.95. The lowest BCUT2D eigenvalue weighted by Crippen LogP contribution is -2.15. The zero-order valence-corrected chi connectivity index (χ0v) is 16.3. The molecule has 0 spiro atoms. The van der Waals surface area contributed by atoms with Crippen LogP contribution in [0, 0.1) is 5.82 Å². The SMILES string of the molecule is COc1ccc(CC(=O)Nc2ccc(OCCN)c(-c3ccnn3C)c2)cc1F. The van der Waals surface area contributed by atoms with E-state index in [0.29, 0.717) is 30.2 Å². The van der Waals surface area contributed by atoms with Gasteiger partial charge in [-0.05, 0) is 42.0 Å². The highest BCUT2D eigenvalue weighted by molar-refractivity contribution is 5.93. The third kappa shape index (κ3) is 4.91. The molecule has 1 heterocycles. The van der Waals surface area contributed by atoms with E-state index in [1.165, 1.54) is 19.2 Å². The highest BCUT2D eigenvalue weighted by Crippen LogP contribution is 2.32. The lowest BCUT2D eigenvalue weighted by molar-refractivity contribution is -0.115. The Morgan fingerprint density at radius 3 is 2.66 bits per heavy atom. The first kappa shape index (κ1) is 20.3. The van der Waals surface area contributed by atoms with Crippen LogP contribution in [0.25, 0.3) is 11.3 Å². The van der Waals surface area contributed by atoms with Crippen LogP contribution in [0.2, 0.25) is 0 Å². The monoisotopic (exact) mass is 398 g/mol. The summed E-state index contributed by atoms with van der Waals surface area (Å²) in [6, 6.07) is 11.7. The second-order valence-electron chi connectivity index (χ2n) is 6.38. The molecule has 3 aromatic rings. The number of hydrogen-bond donors (Lipinski definition) is 2. The van der Waals surface area contributed by atoms with Gasteiger partial charge in [0, 0.05) is 31.0 Å². The number of carbonyl (C=O) groups excluding carboxylic acids is 1. The van der Waals surface area contributed by atoms with Crippen LogP contribution in [0.4, 0.5) is 10.1 Å². The maximum Gasteiger partial charge on any atom is 0.228 e. The summed E-state index contributed by atoms with van der Waals surface area (Å²) >= 11 is 0. The van der Waals surface area contributed by atoms with Gasteiger partial charge in [0.25, 0.3) is 0 Å². The van der Waals surface area contributed by atoms with E-state index in [4.69, 9.17) is 15.2 Å². The molecule has 29 heavy (non-hydrogen) atoms. The Labute approximate surface area is 168 Å². The lowest BCUT2D eigenvalue weighted by Gasteiger charge is -2.14. The standard InChI is InChI=1S/C21H23FN4O3/c1-26-18(7-9-24-26)16-13-15(4-6-19(16)29-10-8-23)25-21(27)12-14-3-5-20(28-2)17(22)11-14/h3-7,9,11,13H,8,10,12,23H2,1-2H3,(H,25,27). The van der Waals surface area contributed by atoms with Crippen molar-refractivity contribution in [2.75, 3.05) is 25.6 Å². The zero-order chi connectivity index (χ0) is 20.8. The number of amides is 1. The number of carbonyl (C=O) groups is 1. The molecule has 0 aliphatic carbocycles. The van der Waals surface area contributed by atoms with Crippen LogP contribution in [0.5, 0.6) is 11.5 Å². The van der Waals surface area contributed by atoms with E-state index in [2.05, 4.69) is 10.4 Å². The van der Waals surface area contributed by atoms with Crippen molar-refractivity contribution in [3.8, 4) is 22.8 Å². The molecule has 0 fully saturated rings. The zero-order valence-electron chi connectivity index (χ0n) is 16.3. The molecule has 1 amide bonds. The molecule has 0 bridgehead atoms. The van der Waals surface area contributed by atoms with Gasteiger partial charge in [-0.1, -0.05) is 6.07 Å². The first-order valence-corrected chi connectivity index (χ1v) is 9.09. The summed E-state index contributed by atoms with van der Waals surface area (Å²) in [6.45, 7) is 0.765. The summed E-state index contributed by atoms with van der Waals surface area (Å²) in [5.41, 5.74) is 8.31. The molecule has 3 N–H and O–H groups in total. The number of rotatable bonds is 8. The average molecular weight is 398 g/mol. The number of aromatic nitrogens is 2. The number of methoxy groups -OCH3 is 1. The minimum absolute atomic E-state index is 0.0351. The molecule has 8 heteroatoms. The van der Waals surface area contributed by atoms with Crippen molar-refractivity contribution in [1.82, 2.24) is 9.78 Å². The predicted molar refractivity (Wildman–Crippen MR) is 108 cm³/mol. The normalized spacial score (nSPS) is 10.6. The Morgan fingerprint density at radius 1 is 1.21 bits per heavy atom. The van der Waals surface area contributed by atoms with Gasteiger partial charge in [-0.15, -0.1) is 0 Å². The van der Waals surface area contributed by atoms with Crippen LogP contribution in [0.15, 0.2) is 48.7 Å².